The lowest BCUT2D eigenvalue weighted by Crippen LogP contribution is -2.33. The van der Waals surface area contributed by atoms with Crippen molar-refractivity contribution in [2.24, 2.45) is 0 Å². The summed E-state index contributed by atoms with van der Waals surface area (Å²) in [6.45, 7) is 5.33. The van der Waals surface area contributed by atoms with Crippen molar-refractivity contribution in [3.8, 4) is 6.07 Å². The molecule has 0 aliphatic carbocycles. The lowest BCUT2D eigenvalue weighted by atomic mass is 10.4. The van der Waals surface area contributed by atoms with Crippen molar-refractivity contribution in [2.45, 2.75) is 6.42 Å². The van der Waals surface area contributed by atoms with Gasteiger partial charge in [-0.15, -0.1) is 0 Å². The summed E-state index contributed by atoms with van der Waals surface area (Å²) in [5, 5.41) is 11.9. The molecule has 1 rings (SSSR count). The summed E-state index contributed by atoms with van der Waals surface area (Å²) in [4.78, 5) is 2.37. The van der Waals surface area contributed by atoms with E-state index in [2.05, 4.69) is 16.3 Å². The van der Waals surface area contributed by atoms with Gasteiger partial charge < -0.3 is 10.2 Å². The van der Waals surface area contributed by atoms with E-state index in [4.69, 9.17) is 5.26 Å². The van der Waals surface area contributed by atoms with Crippen LogP contribution in [-0.4, -0.2) is 49.1 Å². The van der Waals surface area contributed by atoms with E-state index in [0.717, 1.165) is 32.7 Å². The second kappa shape index (κ2) is 7.19. The van der Waals surface area contributed by atoms with Gasteiger partial charge in [-0.3, -0.25) is 0 Å². The number of nitrogens with zero attached hydrogens (tertiary/aromatic N) is 2. The van der Waals surface area contributed by atoms with Gasteiger partial charge in [0.15, 0.2) is 0 Å². The molecule has 1 saturated heterocycles. The van der Waals surface area contributed by atoms with Crippen molar-refractivity contribution in [1.82, 2.24) is 10.2 Å². The van der Waals surface area contributed by atoms with Crippen molar-refractivity contribution in [1.29, 1.82) is 5.26 Å². The highest BCUT2D eigenvalue weighted by Crippen LogP contribution is 2.02. The Morgan fingerprint density at radius 2 is 2.23 bits per heavy atom. The van der Waals surface area contributed by atoms with Gasteiger partial charge in [0, 0.05) is 50.7 Å². The Morgan fingerprint density at radius 1 is 1.31 bits per heavy atom. The summed E-state index contributed by atoms with van der Waals surface area (Å²) >= 11 is 1.99. The van der Waals surface area contributed by atoms with Crippen LogP contribution in [0, 0.1) is 11.3 Å². The minimum absolute atomic E-state index is 0.657. The first-order valence-electron chi connectivity index (χ1n) is 4.81. The maximum atomic E-state index is 8.48. The van der Waals surface area contributed by atoms with Crippen LogP contribution in [0.3, 0.4) is 0 Å². The summed E-state index contributed by atoms with van der Waals surface area (Å²) < 4.78 is 0. The second-order valence-electron chi connectivity index (χ2n) is 3.11. The summed E-state index contributed by atoms with van der Waals surface area (Å²) in [7, 11) is 0. The second-order valence-corrected chi connectivity index (χ2v) is 4.34. The van der Waals surface area contributed by atoms with Gasteiger partial charge >= 0.3 is 0 Å². The molecule has 0 aromatic heterocycles. The highest BCUT2D eigenvalue weighted by molar-refractivity contribution is 7.99. The highest BCUT2D eigenvalue weighted by Gasteiger charge is 2.05. The first-order valence-corrected chi connectivity index (χ1v) is 5.97. The fraction of sp³-hybridized carbons (Fsp3) is 0.889. The molecule has 1 fully saturated rings. The van der Waals surface area contributed by atoms with Crippen molar-refractivity contribution in [3.63, 3.8) is 0 Å². The summed E-state index contributed by atoms with van der Waals surface area (Å²) in [5.74, 6) is 2.42. The van der Waals surface area contributed by atoms with E-state index in [0.29, 0.717) is 6.42 Å². The van der Waals surface area contributed by atoms with Gasteiger partial charge in [0.1, 0.15) is 0 Å². The summed E-state index contributed by atoms with van der Waals surface area (Å²) in [6.07, 6.45) is 0.657. The average molecular weight is 199 g/mol. The number of nitrogens with one attached hydrogen (secondary N) is 1. The SMILES string of the molecule is N#CCCN1CCNCCSCC1. The molecule has 0 spiro atoms. The van der Waals surface area contributed by atoms with Crippen LogP contribution in [0.4, 0.5) is 0 Å². The Morgan fingerprint density at radius 3 is 3.08 bits per heavy atom. The number of nitriles is 1. The summed E-state index contributed by atoms with van der Waals surface area (Å²) in [5.41, 5.74) is 0. The van der Waals surface area contributed by atoms with Gasteiger partial charge in [-0.1, -0.05) is 0 Å². The lowest BCUT2D eigenvalue weighted by Gasteiger charge is -2.19. The number of hydrogen-bond donors (Lipinski definition) is 1. The maximum Gasteiger partial charge on any atom is 0.0635 e. The molecule has 0 aromatic rings. The average Bonchev–Trinajstić information content (AvgIpc) is 2.28. The first kappa shape index (κ1) is 10.8. The van der Waals surface area contributed by atoms with Crippen LogP contribution < -0.4 is 5.32 Å². The van der Waals surface area contributed by atoms with Gasteiger partial charge in [-0.2, -0.15) is 17.0 Å². The number of thioether (sulfide) groups is 1. The molecular weight excluding hydrogens is 182 g/mol. The molecule has 0 unspecified atom stereocenters. The maximum absolute atomic E-state index is 8.48. The molecule has 74 valence electrons. The molecular formula is C9H17N3S. The topological polar surface area (TPSA) is 39.1 Å². The molecule has 1 heterocycles. The third kappa shape index (κ3) is 5.14. The molecule has 1 N–H and O–H groups in total. The third-order valence-electron chi connectivity index (χ3n) is 2.12. The molecule has 0 amide bonds. The summed E-state index contributed by atoms with van der Waals surface area (Å²) in [6, 6.07) is 2.20. The van der Waals surface area contributed by atoms with Crippen LogP contribution in [0.2, 0.25) is 0 Å². The van der Waals surface area contributed by atoms with Crippen molar-refractivity contribution >= 4 is 11.8 Å². The molecule has 13 heavy (non-hydrogen) atoms. The van der Waals surface area contributed by atoms with Gasteiger partial charge in [-0.05, 0) is 0 Å². The van der Waals surface area contributed by atoms with E-state index < -0.39 is 0 Å². The van der Waals surface area contributed by atoms with Gasteiger partial charge in [0.2, 0.25) is 0 Å². The zero-order valence-corrected chi connectivity index (χ0v) is 8.78. The standard InChI is InChI=1S/C9H17N3S/c10-2-1-5-12-6-3-11-4-8-13-9-7-12/h11H,1,3-9H2. The van der Waals surface area contributed by atoms with Crippen LogP contribution in [0.1, 0.15) is 6.42 Å². The molecule has 1 aliphatic rings. The Kier molecular flexibility index (Phi) is 6.00. The molecule has 0 radical (unpaired) electrons. The number of hydrogen-bond acceptors (Lipinski definition) is 4. The van der Waals surface area contributed by atoms with E-state index in [1.54, 1.807) is 0 Å². The fourth-order valence-corrected chi connectivity index (χ4v) is 2.23. The molecule has 0 bridgehead atoms. The molecule has 0 aromatic carbocycles. The Bertz CT molecular complexity index is 157. The highest BCUT2D eigenvalue weighted by atomic mass is 32.2. The Labute approximate surface area is 84.5 Å². The van der Waals surface area contributed by atoms with Crippen LogP contribution in [0.15, 0.2) is 0 Å². The zero-order chi connectivity index (χ0) is 9.36. The van der Waals surface area contributed by atoms with E-state index >= 15 is 0 Å². The molecule has 1 aliphatic heterocycles. The van der Waals surface area contributed by atoms with Gasteiger partial charge in [-0.25, -0.2) is 0 Å². The minimum atomic E-state index is 0.657. The van der Waals surface area contributed by atoms with Gasteiger partial charge in [0.25, 0.3) is 0 Å². The van der Waals surface area contributed by atoms with E-state index in [9.17, 15) is 0 Å². The van der Waals surface area contributed by atoms with E-state index in [-0.39, 0.29) is 0 Å². The minimum Gasteiger partial charge on any atom is -0.315 e. The molecule has 0 atom stereocenters. The zero-order valence-electron chi connectivity index (χ0n) is 7.96. The first-order chi connectivity index (χ1) is 6.43. The van der Waals surface area contributed by atoms with Gasteiger partial charge in [0.05, 0.1) is 6.07 Å². The smallest absolute Gasteiger partial charge is 0.0635 e. The van der Waals surface area contributed by atoms with Crippen molar-refractivity contribution in [2.75, 3.05) is 44.2 Å². The van der Waals surface area contributed by atoms with E-state index in [1.807, 2.05) is 11.8 Å². The lowest BCUT2D eigenvalue weighted by molar-refractivity contribution is 0.298. The third-order valence-corrected chi connectivity index (χ3v) is 3.08. The van der Waals surface area contributed by atoms with Crippen molar-refractivity contribution in [3.05, 3.63) is 0 Å². The van der Waals surface area contributed by atoms with E-state index in [1.165, 1.54) is 11.5 Å². The number of rotatable bonds is 2. The predicted molar refractivity (Wildman–Crippen MR) is 56.9 cm³/mol. The fourth-order valence-electron chi connectivity index (χ4n) is 1.35. The monoisotopic (exact) mass is 199 g/mol. The molecule has 3 nitrogen and oxygen atoms in total. The van der Waals surface area contributed by atoms with Crippen LogP contribution >= 0.6 is 11.8 Å². The Balaban J connectivity index is 2.20. The van der Waals surface area contributed by atoms with Crippen molar-refractivity contribution < 1.29 is 0 Å². The molecule has 0 saturated carbocycles. The largest absolute Gasteiger partial charge is 0.315 e. The van der Waals surface area contributed by atoms with Crippen LogP contribution in [-0.2, 0) is 0 Å². The quantitative estimate of drug-likeness (QED) is 0.704. The van der Waals surface area contributed by atoms with Crippen LogP contribution in [0.25, 0.3) is 0 Å². The molecule has 4 heteroatoms. The predicted octanol–water partition coefficient (Wildman–Crippen LogP) is 0.538. The normalized spacial score (nSPS) is 21.2. The Hall–Kier alpha value is -0.240. The van der Waals surface area contributed by atoms with Crippen LogP contribution in [0.5, 0.6) is 0 Å².